The molecule has 0 bridgehead atoms. The second-order valence-corrected chi connectivity index (χ2v) is 4.57. The van der Waals surface area contributed by atoms with Gasteiger partial charge in [-0.15, -0.1) is 0 Å². The number of aliphatic carboxylic acids is 1. The molecule has 0 spiro atoms. The molecule has 1 N–H and O–H groups in total. The number of nitrogens with zero attached hydrogens (tertiary/aromatic N) is 3. The van der Waals surface area contributed by atoms with Crippen LogP contribution in [0.4, 0.5) is 11.6 Å². The number of carboxylic acid groups (broad SMARTS) is 1. The van der Waals surface area contributed by atoms with Crippen LogP contribution in [0.3, 0.4) is 0 Å². The number of carboxylic acids is 1. The summed E-state index contributed by atoms with van der Waals surface area (Å²) in [6, 6.07) is 8.21. The first-order valence-electron chi connectivity index (χ1n) is 6.66. The highest BCUT2D eigenvalue weighted by molar-refractivity contribution is 5.85. The van der Waals surface area contributed by atoms with E-state index in [1.165, 1.54) is 11.6 Å². The van der Waals surface area contributed by atoms with E-state index in [4.69, 9.17) is 5.11 Å². The van der Waals surface area contributed by atoms with E-state index < -0.39 is 5.97 Å². The van der Waals surface area contributed by atoms with E-state index in [1.54, 1.807) is 12.4 Å². The van der Waals surface area contributed by atoms with E-state index in [1.807, 2.05) is 24.1 Å². The summed E-state index contributed by atoms with van der Waals surface area (Å²) < 4.78 is 0. The van der Waals surface area contributed by atoms with Gasteiger partial charge in [-0.1, -0.05) is 19.1 Å². The summed E-state index contributed by atoms with van der Waals surface area (Å²) in [5, 5.41) is 8.57. The van der Waals surface area contributed by atoms with Crippen molar-refractivity contribution in [3.63, 3.8) is 0 Å². The molecule has 0 saturated carbocycles. The zero-order valence-electron chi connectivity index (χ0n) is 12.0. The van der Waals surface area contributed by atoms with Crippen LogP contribution >= 0.6 is 0 Å². The van der Waals surface area contributed by atoms with Crippen molar-refractivity contribution in [1.82, 2.24) is 9.97 Å². The average Bonchev–Trinajstić information content (AvgIpc) is 2.53. The summed E-state index contributed by atoms with van der Waals surface area (Å²) in [5.74, 6) is -0.432. The highest BCUT2D eigenvalue weighted by atomic mass is 16.4. The maximum absolute atomic E-state index is 10.4. The molecule has 0 amide bonds. The molecular weight excluding hydrogens is 266 g/mol. The molecule has 1 aromatic carbocycles. The molecular formula is C16H17N3O2. The lowest BCUT2D eigenvalue weighted by Gasteiger charge is -2.17. The third kappa shape index (κ3) is 3.89. The molecule has 5 nitrogen and oxygen atoms in total. The molecule has 1 heterocycles. The molecule has 0 aliphatic rings. The SMILES string of the molecule is CCc1ccc(N(C)c2ncc(/C=C/C(=O)O)cn2)cc1. The summed E-state index contributed by atoms with van der Waals surface area (Å²) >= 11 is 0. The number of aromatic nitrogens is 2. The number of aryl methyl sites for hydroxylation is 1. The molecule has 0 saturated heterocycles. The van der Waals surface area contributed by atoms with Gasteiger partial charge in [0.05, 0.1) is 0 Å². The lowest BCUT2D eigenvalue weighted by atomic mass is 10.1. The quantitative estimate of drug-likeness (QED) is 0.855. The van der Waals surface area contributed by atoms with Crippen molar-refractivity contribution < 1.29 is 9.90 Å². The van der Waals surface area contributed by atoms with Crippen LogP contribution in [0.25, 0.3) is 6.08 Å². The average molecular weight is 283 g/mol. The smallest absolute Gasteiger partial charge is 0.328 e. The summed E-state index contributed by atoms with van der Waals surface area (Å²) in [4.78, 5) is 20.8. The van der Waals surface area contributed by atoms with E-state index in [0.29, 0.717) is 11.5 Å². The fourth-order valence-corrected chi connectivity index (χ4v) is 1.83. The van der Waals surface area contributed by atoms with Gasteiger partial charge in [-0.25, -0.2) is 14.8 Å². The summed E-state index contributed by atoms with van der Waals surface area (Å²) in [6.45, 7) is 2.12. The predicted octanol–water partition coefficient (Wildman–Crippen LogP) is 2.90. The Balaban J connectivity index is 2.15. The topological polar surface area (TPSA) is 66.3 Å². The Labute approximate surface area is 123 Å². The number of carbonyl (C=O) groups is 1. The zero-order chi connectivity index (χ0) is 15.2. The minimum Gasteiger partial charge on any atom is -0.478 e. The number of anilines is 2. The molecule has 5 heteroatoms. The van der Waals surface area contributed by atoms with Gasteiger partial charge in [0, 0.05) is 36.8 Å². The van der Waals surface area contributed by atoms with Crippen LogP contribution in [0.15, 0.2) is 42.7 Å². The maximum atomic E-state index is 10.4. The first kappa shape index (κ1) is 14.7. The van der Waals surface area contributed by atoms with Crippen LogP contribution in [0.5, 0.6) is 0 Å². The summed E-state index contributed by atoms with van der Waals surface area (Å²) in [7, 11) is 1.89. The van der Waals surface area contributed by atoms with Gasteiger partial charge >= 0.3 is 5.97 Å². The first-order chi connectivity index (χ1) is 10.1. The van der Waals surface area contributed by atoms with Gasteiger partial charge in [-0.05, 0) is 30.2 Å². The number of rotatable bonds is 5. The summed E-state index contributed by atoms with van der Waals surface area (Å²) in [6.07, 6.45) is 6.72. The normalized spacial score (nSPS) is 10.8. The van der Waals surface area contributed by atoms with Gasteiger partial charge in [0.25, 0.3) is 0 Å². The van der Waals surface area contributed by atoms with Crippen LogP contribution in [-0.2, 0) is 11.2 Å². The molecule has 0 unspecified atom stereocenters. The molecule has 108 valence electrons. The van der Waals surface area contributed by atoms with Crippen LogP contribution in [0.1, 0.15) is 18.1 Å². The van der Waals surface area contributed by atoms with Crippen molar-refractivity contribution in [2.24, 2.45) is 0 Å². The Kier molecular flexibility index (Phi) is 4.66. The zero-order valence-corrected chi connectivity index (χ0v) is 12.0. The maximum Gasteiger partial charge on any atom is 0.328 e. The molecule has 0 aliphatic heterocycles. The van der Waals surface area contributed by atoms with Crippen molar-refractivity contribution in [3.05, 3.63) is 53.9 Å². The highest BCUT2D eigenvalue weighted by Gasteiger charge is 2.06. The van der Waals surface area contributed by atoms with Gasteiger partial charge in [-0.2, -0.15) is 0 Å². The minimum absolute atomic E-state index is 0.562. The van der Waals surface area contributed by atoms with E-state index >= 15 is 0 Å². The van der Waals surface area contributed by atoms with Gasteiger partial charge in [0.1, 0.15) is 0 Å². The third-order valence-corrected chi connectivity index (χ3v) is 3.11. The van der Waals surface area contributed by atoms with E-state index in [9.17, 15) is 4.79 Å². The van der Waals surface area contributed by atoms with Crippen LogP contribution in [0, 0.1) is 0 Å². The molecule has 0 radical (unpaired) electrons. The van der Waals surface area contributed by atoms with Crippen molar-refractivity contribution >= 4 is 23.7 Å². The van der Waals surface area contributed by atoms with Crippen molar-refractivity contribution in [1.29, 1.82) is 0 Å². The van der Waals surface area contributed by atoms with Crippen LogP contribution in [0.2, 0.25) is 0 Å². The number of benzene rings is 1. The van der Waals surface area contributed by atoms with Crippen molar-refractivity contribution in [2.45, 2.75) is 13.3 Å². The second kappa shape index (κ2) is 6.65. The van der Waals surface area contributed by atoms with E-state index in [-0.39, 0.29) is 0 Å². The molecule has 1 aromatic heterocycles. The standard InChI is InChI=1S/C16H17N3O2/c1-3-12-4-7-14(8-5-12)19(2)16-17-10-13(11-18-16)6-9-15(20)21/h4-11H,3H2,1-2H3,(H,20,21)/b9-6+. The molecule has 0 aliphatic carbocycles. The lowest BCUT2D eigenvalue weighted by Crippen LogP contribution is -2.12. The minimum atomic E-state index is -0.993. The van der Waals surface area contributed by atoms with Gasteiger partial charge < -0.3 is 10.0 Å². The molecule has 0 fully saturated rings. The van der Waals surface area contributed by atoms with Crippen LogP contribution < -0.4 is 4.90 Å². The van der Waals surface area contributed by atoms with Crippen LogP contribution in [-0.4, -0.2) is 28.1 Å². The highest BCUT2D eigenvalue weighted by Crippen LogP contribution is 2.20. The third-order valence-electron chi connectivity index (χ3n) is 3.11. The van der Waals surface area contributed by atoms with Crippen molar-refractivity contribution in [2.75, 3.05) is 11.9 Å². The fraction of sp³-hybridized carbons (Fsp3) is 0.188. The summed E-state index contributed by atoms with van der Waals surface area (Å²) in [5.41, 5.74) is 2.93. The second-order valence-electron chi connectivity index (χ2n) is 4.57. The molecule has 21 heavy (non-hydrogen) atoms. The van der Waals surface area contributed by atoms with E-state index in [2.05, 4.69) is 29.0 Å². The molecule has 2 aromatic rings. The monoisotopic (exact) mass is 283 g/mol. The molecule has 0 atom stereocenters. The lowest BCUT2D eigenvalue weighted by molar-refractivity contribution is -0.131. The predicted molar refractivity (Wildman–Crippen MR) is 82.6 cm³/mol. The Morgan fingerprint density at radius 1 is 1.24 bits per heavy atom. The number of hydrogen-bond donors (Lipinski definition) is 1. The Morgan fingerprint density at radius 2 is 1.86 bits per heavy atom. The van der Waals surface area contributed by atoms with Gasteiger partial charge in [-0.3, -0.25) is 0 Å². The van der Waals surface area contributed by atoms with Crippen molar-refractivity contribution in [3.8, 4) is 0 Å². The Morgan fingerprint density at radius 3 is 2.38 bits per heavy atom. The number of hydrogen-bond acceptors (Lipinski definition) is 4. The Hall–Kier alpha value is -2.69. The largest absolute Gasteiger partial charge is 0.478 e. The van der Waals surface area contributed by atoms with E-state index in [0.717, 1.165) is 18.2 Å². The van der Waals surface area contributed by atoms with Gasteiger partial charge in [0.15, 0.2) is 0 Å². The first-order valence-corrected chi connectivity index (χ1v) is 6.66. The fourth-order valence-electron chi connectivity index (χ4n) is 1.83. The Bertz CT molecular complexity index is 634. The molecule has 2 rings (SSSR count). The van der Waals surface area contributed by atoms with Gasteiger partial charge in [0.2, 0.25) is 5.95 Å².